The number of carbonyl (C=O) groups is 1. The Labute approximate surface area is 156 Å². The molecule has 2 aromatic heterocycles. The Kier molecular flexibility index (Phi) is 6.27. The molecule has 2 atom stereocenters. The van der Waals surface area contributed by atoms with Gasteiger partial charge in [0.05, 0.1) is 42.9 Å². The molecule has 0 amide bonds. The zero-order valence-electron chi connectivity index (χ0n) is 15.1. The molecule has 27 heavy (non-hydrogen) atoms. The lowest BCUT2D eigenvalue weighted by molar-refractivity contribution is -0.163. The third kappa shape index (κ3) is 4.56. The SMILES string of the molecule is Cc1c(C(=O)[C@H](C#N)c2ccc(F)cn2)cnn1CCO[C@@H]1CCCCO1. The van der Waals surface area contributed by atoms with Crippen LogP contribution >= 0.6 is 0 Å². The number of nitriles is 1. The van der Waals surface area contributed by atoms with Crippen LogP contribution < -0.4 is 0 Å². The molecule has 1 fully saturated rings. The van der Waals surface area contributed by atoms with Gasteiger partial charge in [0, 0.05) is 12.3 Å². The van der Waals surface area contributed by atoms with Crippen molar-refractivity contribution >= 4 is 5.78 Å². The average Bonchev–Trinajstić information content (AvgIpc) is 3.05. The second-order valence-electron chi connectivity index (χ2n) is 6.36. The number of aromatic nitrogens is 3. The van der Waals surface area contributed by atoms with E-state index in [-0.39, 0.29) is 12.0 Å². The molecular formula is C19H21FN4O3. The lowest BCUT2D eigenvalue weighted by Crippen LogP contribution is -2.24. The second-order valence-corrected chi connectivity index (χ2v) is 6.36. The molecule has 0 radical (unpaired) electrons. The first-order chi connectivity index (χ1) is 13.1. The minimum atomic E-state index is -1.10. The van der Waals surface area contributed by atoms with Crippen LogP contribution in [-0.2, 0) is 16.0 Å². The summed E-state index contributed by atoms with van der Waals surface area (Å²) in [6, 6.07) is 4.47. The van der Waals surface area contributed by atoms with Crippen molar-refractivity contribution in [3.05, 3.63) is 47.3 Å². The smallest absolute Gasteiger partial charge is 0.189 e. The minimum Gasteiger partial charge on any atom is -0.353 e. The molecule has 142 valence electrons. The molecule has 1 aliphatic rings. The highest BCUT2D eigenvalue weighted by molar-refractivity contribution is 6.03. The van der Waals surface area contributed by atoms with Crippen molar-refractivity contribution in [2.24, 2.45) is 0 Å². The van der Waals surface area contributed by atoms with Crippen LogP contribution in [0.25, 0.3) is 0 Å². The standard InChI is InChI=1S/C19H21FN4O3/c1-13-16(19(25)15(10-21)17-6-5-14(20)11-22-17)12-23-24(13)7-9-27-18-4-2-3-8-26-18/h5-6,11-12,15,18H,2-4,7-9H2,1H3/t15-,18-/m1/s1. The lowest BCUT2D eigenvalue weighted by atomic mass is 9.96. The van der Waals surface area contributed by atoms with E-state index in [2.05, 4.69) is 10.1 Å². The quantitative estimate of drug-likeness (QED) is 0.694. The fourth-order valence-electron chi connectivity index (χ4n) is 3.00. The van der Waals surface area contributed by atoms with Gasteiger partial charge in [-0.25, -0.2) is 4.39 Å². The van der Waals surface area contributed by atoms with Crippen molar-refractivity contribution < 1.29 is 18.7 Å². The number of halogens is 1. The molecule has 0 saturated carbocycles. The summed E-state index contributed by atoms with van der Waals surface area (Å²) < 4.78 is 25.9. The molecule has 0 spiro atoms. The molecule has 0 unspecified atom stereocenters. The van der Waals surface area contributed by atoms with Gasteiger partial charge in [-0.3, -0.25) is 14.5 Å². The molecule has 3 rings (SSSR count). The fraction of sp³-hybridized carbons (Fsp3) is 0.474. The van der Waals surface area contributed by atoms with Gasteiger partial charge in [0.2, 0.25) is 0 Å². The van der Waals surface area contributed by atoms with E-state index in [0.717, 1.165) is 32.1 Å². The van der Waals surface area contributed by atoms with Crippen molar-refractivity contribution in [1.82, 2.24) is 14.8 Å². The van der Waals surface area contributed by atoms with Crippen molar-refractivity contribution in [2.45, 2.75) is 44.9 Å². The highest BCUT2D eigenvalue weighted by atomic mass is 19.1. The number of carbonyl (C=O) groups excluding carboxylic acids is 1. The maximum absolute atomic E-state index is 13.0. The van der Waals surface area contributed by atoms with Crippen LogP contribution in [0.15, 0.2) is 24.5 Å². The topological polar surface area (TPSA) is 90.0 Å². The van der Waals surface area contributed by atoms with E-state index >= 15 is 0 Å². The van der Waals surface area contributed by atoms with Gasteiger partial charge in [-0.1, -0.05) is 0 Å². The van der Waals surface area contributed by atoms with Crippen molar-refractivity contribution in [1.29, 1.82) is 5.26 Å². The van der Waals surface area contributed by atoms with Gasteiger partial charge in [0.15, 0.2) is 18.0 Å². The number of hydrogen-bond acceptors (Lipinski definition) is 6. The summed E-state index contributed by atoms with van der Waals surface area (Å²) in [4.78, 5) is 16.6. The number of hydrogen-bond donors (Lipinski definition) is 0. The Hall–Kier alpha value is -2.63. The monoisotopic (exact) mass is 372 g/mol. The number of nitrogens with zero attached hydrogens (tertiary/aromatic N) is 4. The van der Waals surface area contributed by atoms with Gasteiger partial charge in [0.1, 0.15) is 5.82 Å². The molecule has 0 aromatic carbocycles. The molecule has 2 aromatic rings. The second kappa shape index (κ2) is 8.84. The van der Waals surface area contributed by atoms with Gasteiger partial charge in [-0.05, 0) is 38.3 Å². The average molecular weight is 372 g/mol. The van der Waals surface area contributed by atoms with Gasteiger partial charge in [-0.2, -0.15) is 10.4 Å². The molecular weight excluding hydrogens is 351 g/mol. The number of ether oxygens (including phenoxy) is 2. The van der Waals surface area contributed by atoms with Crippen LogP contribution in [0.3, 0.4) is 0 Å². The van der Waals surface area contributed by atoms with Gasteiger partial charge >= 0.3 is 0 Å². The van der Waals surface area contributed by atoms with E-state index in [1.54, 1.807) is 11.6 Å². The minimum absolute atomic E-state index is 0.178. The molecule has 7 nitrogen and oxygen atoms in total. The molecule has 1 saturated heterocycles. The highest BCUT2D eigenvalue weighted by Crippen LogP contribution is 2.21. The summed E-state index contributed by atoms with van der Waals surface area (Å²) in [7, 11) is 0. The Morgan fingerprint density at radius 1 is 1.48 bits per heavy atom. The summed E-state index contributed by atoms with van der Waals surface area (Å²) in [5.41, 5.74) is 1.21. The normalized spacial score (nSPS) is 18.0. The van der Waals surface area contributed by atoms with Crippen LogP contribution in [0.2, 0.25) is 0 Å². The predicted molar refractivity (Wildman–Crippen MR) is 93.4 cm³/mol. The van der Waals surface area contributed by atoms with E-state index in [1.165, 1.54) is 18.3 Å². The van der Waals surface area contributed by atoms with Gasteiger partial charge in [-0.15, -0.1) is 0 Å². The highest BCUT2D eigenvalue weighted by Gasteiger charge is 2.26. The van der Waals surface area contributed by atoms with Gasteiger partial charge in [0.25, 0.3) is 0 Å². The largest absolute Gasteiger partial charge is 0.353 e. The summed E-state index contributed by atoms with van der Waals surface area (Å²) in [5, 5.41) is 13.6. The van der Waals surface area contributed by atoms with Crippen LogP contribution in [0.1, 0.15) is 46.9 Å². The Balaban J connectivity index is 1.65. The molecule has 0 bridgehead atoms. The van der Waals surface area contributed by atoms with Crippen LogP contribution in [0, 0.1) is 24.1 Å². The number of pyridine rings is 1. The van der Waals surface area contributed by atoms with Crippen LogP contribution in [-0.4, -0.2) is 40.1 Å². The zero-order valence-corrected chi connectivity index (χ0v) is 15.1. The fourth-order valence-corrected chi connectivity index (χ4v) is 3.00. The van der Waals surface area contributed by atoms with Crippen molar-refractivity contribution in [2.75, 3.05) is 13.2 Å². The third-order valence-electron chi connectivity index (χ3n) is 4.55. The van der Waals surface area contributed by atoms with E-state index in [0.29, 0.717) is 24.4 Å². The van der Waals surface area contributed by atoms with E-state index < -0.39 is 17.5 Å². The molecule has 0 aliphatic carbocycles. The Morgan fingerprint density at radius 2 is 2.33 bits per heavy atom. The zero-order chi connectivity index (χ0) is 19.2. The molecule has 1 aliphatic heterocycles. The maximum Gasteiger partial charge on any atom is 0.189 e. The van der Waals surface area contributed by atoms with Crippen LogP contribution in [0.5, 0.6) is 0 Å². The number of rotatable bonds is 7. The predicted octanol–water partition coefficient (Wildman–Crippen LogP) is 2.76. The van der Waals surface area contributed by atoms with Crippen LogP contribution in [0.4, 0.5) is 4.39 Å². The first kappa shape index (κ1) is 19.1. The summed E-state index contributed by atoms with van der Waals surface area (Å²) in [5.74, 6) is -2.03. The molecule has 3 heterocycles. The lowest BCUT2D eigenvalue weighted by Gasteiger charge is -2.22. The van der Waals surface area contributed by atoms with E-state index in [1.807, 2.05) is 6.07 Å². The first-order valence-corrected chi connectivity index (χ1v) is 8.91. The van der Waals surface area contributed by atoms with Crippen molar-refractivity contribution in [3.63, 3.8) is 0 Å². The summed E-state index contributed by atoms with van der Waals surface area (Å²) in [6.07, 6.45) is 5.31. The first-order valence-electron chi connectivity index (χ1n) is 8.91. The van der Waals surface area contributed by atoms with Crippen molar-refractivity contribution in [3.8, 4) is 6.07 Å². The van der Waals surface area contributed by atoms with Gasteiger partial charge < -0.3 is 9.47 Å². The van der Waals surface area contributed by atoms with E-state index in [4.69, 9.17) is 9.47 Å². The third-order valence-corrected chi connectivity index (χ3v) is 4.55. The Bertz CT molecular complexity index is 822. The molecule has 8 heteroatoms. The Morgan fingerprint density at radius 3 is 3.00 bits per heavy atom. The number of ketones is 1. The molecule has 0 N–H and O–H groups in total. The summed E-state index contributed by atoms with van der Waals surface area (Å²) >= 11 is 0. The summed E-state index contributed by atoms with van der Waals surface area (Å²) in [6.45, 7) is 3.38. The maximum atomic E-state index is 13.0. The number of Topliss-reactive ketones (excluding diaryl/α,β-unsaturated/α-hetero) is 1. The van der Waals surface area contributed by atoms with E-state index in [9.17, 15) is 14.4 Å².